The average Bonchev–Trinajstić information content (AvgIpc) is 2.78. The molecule has 8 heteroatoms. The van der Waals surface area contributed by atoms with Gasteiger partial charge in [-0.1, -0.05) is 34.8 Å². The first-order valence-corrected chi connectivity index (χ1v) is 8.07. The van der Waals surface area contributed by atoms with Crippen LogP contribution in [0.5, 0.6) is 5.75 Å². The molecule has 0 atom stereocenters. The zero-order valence-corrected chi connectivity index (χ0v) is 15.0. The van der Waals surface area contributed by atoms with Gasteiger partial charge in [0.2, 0.25) is 0 Å². The van der Waals surface area contributed by atoms with Gasteiger partial charge in [0.05, 0.1) is 18.4 Å². The van der Waals surface area contributed by atoms with Gasteiger partial charge in [0.25, 0.3) is 5.91 Å². The Bertz CT molecular complexity index is 716. The molecule has 23 heavy (non-hydrogen) atoms. The lowest BCUT2D eigenvalue weighted by atomic mass is 10.2. The van der Waals surface area contributed by atoms with Gasteiger partial charge in [-0.3, -0.25) is 9.48 Å². The highest BCUT2D eigenvalue weighted by Gasteiger charge is 2.13. The van der Waals surface area contributed by atoms with Gasteiger partial charge in [-0.25, -0.2) is 0 Å². The molecule has 1 aromatic carbocycles. The van der Waals surface area contributed by atoms with Crippen LogP contribution in [0.1, 0.15) is 22.5 Å². The number of methoxy groups -OCH3 is 1. The number of aryl methyl sites for hydroxylation is 2. The fourth-order valence-electron chi connectivity index (χ4n) is 2.06. The molecule has 0 fully saturated rings. The summed E-state index contributed by atoms with van der Waals surface area (Å²) in [5, 5.41) is 8.39. The molecule has 1 N–H and O–H groups in total. The topological polar surface area (TPSA) is 56.1 Å². The lowest BCUT2D eigenvalue weighted by Gasteiger charge is -2.10. The van der Waals surface area contributed by atoms with Crippen molar-refractivity contribution in [3.05, 3.63) is 44.7 Å². The van der Waals surface area contributed by atoms with Gasteiger partial charge in [0.15, 0.2) is 0 Å². The minimum atomic E-state index is -0.245. The summed E-state index contributed by atoms with van der Waals surface area (Å²) in [7, 11) is 1.51. The average molecular weight is 377 g/mol. The van der Waals surface area contributed by atoms with E-state index in [0.29, 0.717) is 51.7 Å². The molecule has 2 aromatic rings. The number of rotatable bonds is 6. The maximum atomic E-state index is 12.2. The van der Waals surface area contributed by atoms with Gasteiger partial charge >= 0.3 is 0 Å². The minimum absolute atomic E-state index is 0.245. The van der Waals surface area contributed by atoms with Crippen molar-refractivity contribution in [2.75, 3.05) is 13.7 Å². The molecule has 0 saturated carbocycles. The van der Waals surface area contributed by atoms with Crippen LogP contribution in [0.15, 0.2) is 18.2 Å². The number of hydrogen-bond acceptors (Lipinski definition) is 3. The monoisotopic (exact) mass is 375 g/mol. The number of halogens is 3. The lowest BCUT2D eigenvalue weighted by molar-refractivity contribution is 0.0949. The Morgan fingerprint density at radius 1 is 1.35 bits per heavy atom. The fourth-order valence-corrected chi connectivity index (χ4v) is 2.63. The van der Waals surface area contributed by atoms with Crippen molar-refractivity contribution in [3.8, 4) is 5.75 Å². The molecule has 5 nitrogen and oxygen atoms in total. The van der Waals surface area contributed by atoms with E-state index in [1.54, 1.807) is 29.8 Å². The molecular weight excluding hydrogens is 361 g/mol. The quantitative estimate of drug-likeness (QED) is 0.776. The summed E-state index contributed by atoms with van der Waals surface area (Å²) in [4.78, 5) is 12.2. The zero-order chi connectivity index (χ0) is 17.0. The van der Waals surface area contributed by atoms with Crippen LogP contribution in [0.3, 0.4) is 0 Å². The SMILES string of the molecule is COc1ccc(Cl)cc1C(=O)NCCCn1nc(C)c(Cl)c1Cl. The number of ether oxygens (including phenoxy) is 1. The standard InChI is InChI=1S/C15H16Cl3N3O2/c1-9-13(17)14(18)21(20-9)7-3-6-19-15(22)11-8-10(16)4-5-12(11)23-2/h4-5,8H,3,6-7H2,1-2H3,(H,19,22). The molecule has 0 bridgehead atoms. The van der Waals surface area contributed by atoms with Crippen molar-refractivity contribution in [3.63, 3.8) is 0 Å². The second-order valence-corrected chi connectivity index (χ2v) is 6.04. The Hall–Kier alpha value is -1.43. The maximum Gasteiger partial charge on any atom is 0.255 e. The molecule has 0 radical (unpaired) electrons. The van der Waals surface area contributed by atoms with E-state index in [0.717, 1.165) is 0 Å². The Kier molecular flexibility index (Phi) is 6.16. The third kappa shape index (κ3) is 4.31. The summed E-state index contributed by atoms with van der Waals surface area (Å²) in [6, 6.07) is 4.90. The summed E-state index contributed by atoms with van der Waals surface area (Å²) < 4.78 is 6.78. The van der Waals surface area contributed by atoms with Crippen LogP contribution in [-0.2, 0) is 6.54 Å². The van der Waals surface area contributed by atoms with E-state index < -0.39 is 0 Å². The number of carbonyl (C=O) groups is 1. The number of nitrogens with one attached hydrogen (secondary N) is 1. The normalized spacial score (nSPS) is 10.7. The Balaban J connectivity index is 1.90. The second-order valence-electron chi connectivity index (χ2n) is 4.87. The molecule has 0 aliphatic carbocycles. The molecular formula is C15H16Cl3N3O2. The van der Waals surface area contributed by atoms with Crippen molar-refractivity contribution < 1.29 is 9.53 Å². The molecule has 0 aliphatic heterocycles. The zero-order valence-electron chi connectivity index (χ0n) is 12.7. The molecule has 1 amide bonds. The third-order valence-electron chi connectivity index (χ3n) is 3.23. The van der Waals surface area contributed by atoms with Crippen LogP contribution < -0.4 is 10.1 Å². The van der Waals surface area contributed by atoms with E-state index >= 15 is 0 Å². The molecule has 0 saturated heterocycles. The molecule has 1 aromatic heterocycles. The first-order valence-electron chi connectivity index (χ1n) is 6.94. The molecule has 2 rings (SSSR count). The molecule has 0 spiro atoms. The summed E-state index contributed by atoms with van der Waals surface area (Å²) in [6.07, 6.45) is 0.659. The van der Waals surface area contributed by atoms with E-state index in [1.807, 2.05) is 0 Å². The third-order valence-corrected chi connectivity index (χ3v) is 4.40. The van der Waals surface area contributed by atoms with Crippen LogP contribution in [-0.4, -0.2) is 29.3 Å². The summed E-state index contributed by atoms with van der Waals surface area (Å²) in [5.74, 6) is 0.231. The van der Waals surface area contributed by atoms with E-state index in [1.165, 1.54) is 7.11 Å². The van der Waals surface area contributed by atoms with Crippen LogP contribution in [0.25, 0.3) is 0 Å². The highest BCUT2D eigenvalue weighted by atomic mass is 35.5. The van der Waals surface area contributed by atoms with Gasteiger partial charge in [-0.15, -0.1) is 0 Å². The van der Waals surface area contributed by atoms with E-state index in [9.17, 15) is 4.79 Å². The first-order chi connectivity index (χ1) is 10.9. The number of benzene rings is 1. The number of carbonyl (C=O) groups excluding carboxylic acids is 1. The van der Waals surface area contributed by atoms with Crippen LogP contribution in [0.4, 0.5) is 0 Å². The predicted octanol–water partition coefficient (Wildman–Crippen LogP) is 3.98. The van der Waals surface area contributed by atoms with Crippen LogP contribution in [0, 0.1) is 6.92 Å². The maximum absolute atomic E-state index is 12.2. The van der Waals surface area contributed by atoms with Crippen molar-refractivity contribution in [1.82, 2.24) is 15.1 Å². The fraction of sp³-hybridized carbons (Fsp3) is 0.333. The molecule has 0 aliphatic rings. The van der Waals surface area contributed by atoms with Crippen molar-refractivity contribution in [2.24, 2.45) is 0 Å². The van der Waals surface area contributed by atoms with Gasteiger partial charge in [-0.05, 0) is 31.5 Å². The minimum Gasteiger partial charge on any atom is -0.496 e. The number of amides is 1. The molecule has 124 valence electrons. The highest BCUT2D eigenvalue weighted by molar-refractivity contribution is 6.41. The second kappa shape index (κ2) is 7.90. The molecule has 0 unspecified atom stereocenters. The largest absolute Gasteiger partial charge is 0.496 e. The lowest BCUT2D eigenvalue weighted by Crippen LogP contribution is -2.25. The first kappa shape index (κ1) is 17.9. The Morgan fingerprint density at radius 2 is 2.09 bits per heavy atom. The Labute approximate surface area is 149 Å². The highest BCUT2D eigenvalue weighted by Crippen LogP contribution is 2.25. The van der Waals surface area contributed by atoms with Crippen LogP contribution in [0.2, 0.25) is 15.2 Å². The van der Waals surface area contributed by atoms with E-state index in [4.69, 9.17) is 39.5 Å². The van der Waals surface area contributed by atoms with Gasteiger partial charge in [0, 0.05) is 18.1 Å². The number of nitrogens with zero attached hydrogens (tertiary/aromatic N) is 2. The van der Waals surface area contributed by atoms with Crippen molar-refractivity contribution in [2.45, 2.75) is 19.9 Å². The van der Waals surface area contributed by atoms with Crippen molar-refractivity contribution >= 4 is 40.7 Å². The van der Waals surface area contributed by atoms with E-state index in [2.05, 4.69) is 10.4 Å². The predicted molar refractivity (Wildman–Crippen MR) is 91.9 cm³/mol. The van der Waals surface area contributed by atoms with Gasteiger partial charge in [0.1, 0.15) is 15.9 Å². The Morgan fingerprint density at radius 3 is 2.70 bits per heavy atom. The van der Waals surface area contributed by atoms with Gasteiger partial charge in [-0.2, -0.15) is 5.10 Å². The van der Waals surface area contributed by atoms with E-state index in [-0.39, 0.29) is 5.91 Å². The van der Waals surface area contributed by atoms with Gasteiger partial charge < -0.3 is 10.1 Å². The number of hydrogen-bond donors (Lipinski definition) is 1. The number of aromatic nitrogens is 2. The summed E-state index contributed by atoms with van der Waals surface area (Å²) >= 11 is 18.0. The van der Waals surface area contributed by atoms with Crippen LogP contribution >= 0.6 is 34.8 Å². The smallest absolute Gasteiger partial charge is 0.255 e. The summed E-state index contributed by atoms with van der Waals surface area (Å²) in [5.41, 5.74) is 1.08. The molecule has 1 heterocycles. The van der Waals surface area contributed by atoms with Crippen molar-refractivity contribution in [1.29, 1.82) is 0 Å². The summed E-state index contributed by atoms with van der Waals surface area (Å²) in [6.45, 7) is 2.80.